The van der Waals surface area contributed by atoms with Crippen LogP contribution in [0.5, 0.6) is 0 Å². The number of amides is 1. The largest absolute Gasteiger partial charge is 0.383 e. The third kappa shape index (κ3) is 3.23. The van der Waals surface area contributed by atoms with Crippen molar-refractivity contribution < 1.29 is 9.53 Å². The zero-order chi connectivity index (χ0) is 19.7. The molecule has 3 aromatic rings. The fourth-order valence-electron chi connectivity index (χ4n) is 3.68. The standard InChI is InChI=1S/C22H23N3O2S/c1-14-4-6-15(7-5-14)19-18-20(24-23-19)22(26)25(12-13-27-2)21(18)16-8-10-17(28-3)11-9-16/h4-11,21H,12-13H2,1-3H3,(H,23,24). The lowest BCUT2D eigenvalue weighted by Gasteiger charge is -2.26. The lowest BCUT2D eigenvalue weighted by molar-refractivity contribution is 0.0677. The molecule has 0 saturated carbocycles. The van der Waals surface area contributed by atoms with E-state index in [0.717, 1.165) is 22.4 Å². The Morgan fingerprint density at radius 2 is 1.86 bits per heavy atom. The van der Waals surface area contributed by atoms with Crippen molar-refractivity contribution in [1.82, 2.24) is 15.1 Å². The Balaban J connectivity index is 1.83. The van der Waals surface area contributed by atoms with Crippen molar-refractivity contribution in [1.29, 1.82) is 0 Å². The molecule has 144 valence electrons. The summed E-state index contributed by atoms with van der Waals surface area (Å²) in [6.07, 6.45) is 2.06. The Morgan fingerprint density at radius 1 is 1.14 bits per heavy atom. The van der Waals surface area contributed by atoms with E-state index < -0.39 is 0 Å². The molecule has 2 heterocycles. The molecular weight excluding hydrogens is 370 g/mol. The minimum absolute atomic E-state index is 0.0307. The maximum atomic E-state index is 13.1. The first-order valence-corrected chi connectivity index (χ1v) is 10.5. The second-order valence-corrected chi connectivity index (χ2v) is 7.77. The quantitative estimate of drug-likeness (QED) is 0.635. The highest BCUT2D eigenvalue weighted by Gasteiger charge is 2.41. The number of benzene rings is 2. The average molecular weight is 394 g/mol. The minimum atomic E-state index is -0.177. The van der Waals surface area contributed by atoms with Crippen LogP contribution in [0.1, 0.15) is 33.2 Å². The fourth-order valence-corrected chi connectivity index (χ4v) is 4.09. The number of aryl methyl sites for hydroxylation is 1. The van der Waals surface area contributed by atoms with E-state index >= 15 is 0 Å². The van der Waals surface area contributed by atoms with Gasteiger partial charge in [-0.1, -0.05) is 42.0 Å². The van der Waals surface area contributed by atoms with Crippen molar-refractivity contribution in [2.24, 2.45) is 0 Å². The van der Waals surface area contributed by atoms with Gasteiger partial charge >= 0.3 is 0 Å². The molecule has 1 aromatic heterocycles. The van der Waals surface area contributed by atoms with Crippen LogP contribution in [0.2, 0.25) is 0 Å². The Morgan fingerprint density at radius 3 is 2.50 bits per heavy atom. The van der Waals surface area contributed by atoms with Crippen LogP contribution in [-0.4, -0.2) is 47.5 Å². The average Bonchev–Trinajstić information content (AvgIpc) is 3.26. The number of nitrogens with one attached hydrogen (secondary N) is 1. The van der Waals surface area contributed by atoms with Crippen LogP contribution in [0.25, 0.3) is 11.3 Å². The van der Waals surface area contributed by atoms with E-state index in [1.54, 1.807) is 18.9 Å². The number of rotatable bonds is 6. The molecule has 28 heavy (non-hydrogen) atoms. The number of hydrogen-bond donors (Lipinski definition) is 1. The van der Waals surface area contributed by atoms with Crippen molar-refractivity contribution in [3.05, 3.63) is 70.9 Å². The normalized spacial score (nSPS) is 15.9. The van der Waals surface area contributed by atoms with Crippen LogP contribution < -0.4 is 0 Å². The summed E-state index contributed by atoms with van der Waals surface area (Å²) in [7, 11) is 1.65. The van der Waals surface area contributed by atoms with Crippen molar-refractivity contribution in [2.45, 2.75) is 17.9 Å². The number of thioether (sulfide) groups is 1. The number of carbonyl (C=O) groups is 1. The monoisotopic (exact) mass is 393 g/mol. The van der Waals surface area contributed by atoms with Gasteiger partial charge in [-0.15, -0.1) is 11.8 Å². The number of fused-ring (bicyclic) bond motifs is 1. The molecular formula is C22H23N3O2S. The van der Waals surface area contributed by atoms with E-state index in [4.69, 9.17) is 4.74 Å². The van der Waals surface area contributed by atoms with Gasteiger partial charge < -0.3 is 9.64 Å². The van der Waals surface area contributed by atoms with Crippen LogP contribution in [-0.2, 0) is 4.74 Å². The number of aromatic amines is 1. The molecule has 1 atom stereocenters. The van der Waals surface area contributed by atoms with Gasteiger partial charge in [0.2, 0.25) is 0 Å². The highest BCUT2D eigenvalue weighted by atomic mass is 32.2. The van der Waals surface area contributed by atoms with Crippen LogP contribution in [0, 0.1) is 6.92 Å². The maximum absolute atomic E-state index is 13.1. The van der Waals surface area contributed by atoms with E-state index in [1.165, 1.54) is 10.5 Å². The summed E-state index contributed by atoms with van der Waals surface area (Å²) in [5.74, 6) is -0.0307. The van der Waals surface area contributed by atoms with Gasteiger partial charge in [-0.3, -0.25) is 9.89 Å². The summed E-state index contributed by atoms with van der Waals surface area (Å²) in [6.45, 7) is 3.08. The maximum Gasteiger partial charge on any atom is 0.273 e. The first-order valence-electron chi connectivity index (χ1n) is 9.23. The van der Waals surface area contributed by atoms with Crippen molar-refractivity contribution in [3.63, 3.8) is 0 Å². The molecule has 1 N–H and O–H groups in total. The molecule has 0 saturated heterocycles. The Kier molecular flexibility index (Phi) is 5.24. The highest BCUT2D eigenvalue weighted by molar-refractivity contribution is 7.98. The smallest absolute Gasteiger partial charge is 0.273 e. The second-order valence-electron chi connectivity index (χ2n) is 6.89. The number of methoxy groups -OCH3 is 1. The van der Waals surface area contributed by atoms with E-state index in [-0.39, 0.29) is 11.9 Å². The van der Waals surface area contributed by atoms with Gasteiger partial charge in [-0.25, -0.2) is 0 Å². The van der Waals surface area contributed by atoms with Gasteiger partial charge in [0, 0.05) is 29.7 Å². The predicted octanol–water partition coefficient (Wildman–Crippen LogP) is 4.30. The van der Waals surface area contributed by atoms with Gasteiger partial charge in [0.1, 0.15) is 5.69 Å². The molecule has 5 nitrogen and oxygen atoms in total. The zero-order valence-corrected chi connectivity index (χ0v) is 17.0. The topological polar surface area (TPSA) is 58.2 Å². The van der Waals surface area contributed by atoms with Crippen LogP contribution in [0.15, 0.2) is 53.4 Å². The van der Waals surface area contributed by atoms with Gasteiger partial charge in [-0.05, 0) is 30.9 Å². The number of nitrogens with zero attached hydrogens (tertiary/aromatic N) is 2. The van der Waals surface area contributed by atoms with Crippen LogP contribution in [0.4, 0.5) is 0 Å². The highest BCUT2D eigenvalue weighted by Crippen LogP contribution is 2.42. The number of H-pyrrole nitrogens is 1. The summed E-state index contributed by atoms with van der Waals surface area (Å²) in [4.78, 5) is 16.2. The molecule has 4 rings (SSSR count). The van der Waals surface area contributed by atoms with E-state index in [2.05, 4.69) is 71.9 Å². The molecule has 0 aliphatic carbocycles. The summed E-state index contributed by atoms with van der Waals surface area (Å²) in [6, 6.07) is 16.5. The molecule has 1 amide bonds. The molecule has 0 bridgehead atoms. The van der Waals surface area contributed by atoms with Crippen molar-refractivity contribution in [2.75, 3.05) is 26.5 Å². The molecule has 1 unspecified atom stereocenters. The summed E-state index contributed by atoms with van der Waals surface area (Å²) < 4.78 is 5.25. The lowest BCUT2D eigenvalue weighted by atomic mass is 9.96. The Hall–Kier alpha value is -2.57. The number of hydrogen-bond acceptors (Lipinski definition) is 4. The fraction of sp³-hybridized carbons (Fsp3) is 0.273. The van der Waals surface area contributed by atoms with E-state index in [9.17, 15) is 4.79 Å². The van der Waals surface area contributed by atoms with Gasteiger partial charge in [0.25, 0.3) is 5.91 Å². The molecule has 6 heteroatoms. The Labute approximate surface area is 169 Å². The summed E-state index contributed by atoms with van der Waals surface area (Å²) in [5, 5.41) is 7.50. The van der Waals surface area contributed by atoms with Crippen LogP contribution >= 0.6 is 11.8 Å². The molecule has 0 spiro atoms. The van der Waals surface area contributed by atoms with Gasteiger partial charge in [-0.2, -0.15) is 5.10 Å². The zero-order valence-electron chi connectivity index (χ0n) is 16.2. The molecule has 1 aliphatic heterocycles. The van der Waals surface area contributed by atoms with E-state index in [1.807, 2.05) is 4.90 Å². The third-order valence-electron chi connectivity index (χ3n) is 5.16. The molecule has 0 radical (unpaired) electrons. The molecule has 0 fully saturated rings. The molecule has 1 aliphatic rings. The number of ether oxygens (including phenoxy) is 1. The lowest BCUT2D eigenvalue weighted by Crippen LogP contribution is -2.32. The number of aromatic nitrogens is 2. The summed E-state index contributed by atoms with van der Waals surface area (Å²) >= 11 is 1.70. The predicted molar refractivity (Wildman–Crippen MR) is 112 cm³/mol. The van der Waals surface area contributed by atoms with Gasteiger partial charge in [0.05, 0.1) is 18.3 Å². The third-order valence-corrected chi connectivity index (χ3v) is 5.90. The first-order chi connectivity index (χ1) is 13.6. The van der Waals surface area contributed by atoms with Crippen LogP contribution in [0.3, 0.4) is 0 Å². The van der Waals surface area contributed by atoms with Crippen molar-refractivity contribution in [3.8, 4) is 11.3 Å². The SMILES string of the molecule is COCCN1C(=O)c2[nH]nc(-c3ccc(C)cc3)c2C1c1ccc(SC)cc1. The minimum Gasteiger partial charge on any atom is -0.383 e. The Bertz CT molecular complexity index is 980. The summed E-state index contributed by atoms with van der Waals surface area (Å²) in [5.41, 5.74) is 5.64. The van der Waals surface area contributed by atoms with Gasteiger partial charge in [0.15, 0.2) is 0 Å². The first kappa shape index (κ1) is 18.8. The van der Waals surface area contributed by atoms with E-state index in [0.29, 0.717) is 18.8 Å². The van der Waals surface area contributed by atoms with Crippen molar-refractivity contribution >= 4 is 17.7 Å². The second kappa shape index (κ2) is 7.81. The molecule has 2 aromatic carbocycles. The number of carbonyl (C=O) groups excluding carboxylic acids is 1.